The average Bonchev–Trinajstić information content (AvgIpc) is 2.14. The van der Waals surface area contributed by atoms with Gasteiger partial charge < -0.3 is 64.2 Å². The molecule has 19 heteroatoms. The Kier molecular flexibility index (Phi) is 11.7. The molecule has 12 rings (SSSR count). The molecule has 2 aliphatic carbocycles. The molecule has 0 aromatic heterocycles. The highest BCUT2D eigenvalue weighted by Crippen LogP contribution is 2.60. The second-order valence-electron chi connectivity index (χ2n) is 20.3. The number of phenolic OH excluding ortho intramolecular Hbond substituents is 4. The minimum absolute atomic E-state index is 0.00428. The fraction of sp³-hybridized carbons (Fsp3) is 0.267. The number of carbonyl (C=O) groups excluding carboxylic acids is 2. The molecule has 0 aliphatic heterocycles. The molecule has 7 N–H and O–H groups in total. The van der Waals surface area contributed by atoms with Crippen LogP contribution in [-0.2, 0) is 35.6 Å². The second kappa shape index (κ2) is 17.7. The van der Waals surface area contributed by atoms with Gasteiger partial charge in [-0.1, -0.05) is 5.57 Å². The van der Waals surface area contributed by atoms with Crippen molar-refractivity contribution in [1.82, 2.24) is 0 Å². The quantitative estimate of drug-likeness (QED) is 0.0564. The molecule has 404 valence electrons. The van der Waals surface area contributed by atoms with Crippen LogP contribution in [0, 0.1) is 0 Å². The number of fused-ring (bicyclic) bond motifs is 2. The van der Waals surface area contributed by atoms with Gasteiger partial charge in [0.2, 0.25) is 0 Å². The lowest BCUT2D eigenvalue weighted by molar-refractivity contribution is -0.124. The molecule has 0 fully saturated rings. The molecule has 0 saturated carbocycles. The van der Waals surface area contributed by atoms with Crippen molar-refractivity contribution >= 4 is 103 Å². The van der Waals surface area contributed by atoms with Crippen molar-refractivity contribution in [3.63, 3.8) is 0 Å². The van der Waals surface area contributed by atoms with E-state index in [-0.39, 0.29) is 135 Å². The van der Waals surface area contributed by atoms with Crippen molar-refractivity contribution in [2.24, 2.45) is 0 Å². The smallest absolute Gasteiger partial charge is 0.194 e. The van der Waals surface area contributed by atoms with Gasteiger partial charge in [-0.05, 0) is 84.3 Å². The van der Waals surface area contributed by atoms with Gasteiger partial charge in [-0.15, -0.1) is 0 Å². The number of ketones is 2. The summed E-state index contributed by atoms with van der Waals surface area (Å²) in [5.41, 5.74) is -1.69. The number of carbonyl (C=O) groups is 2. The number of hydrogen-bond donors (Lipinski definition) is 7. The topological polar surface area (TPSA) is 299 Å². The summed E-state index contributed by atoms with van der Waals surface area (Å²) in [6.45, 7) is 4.70. The molecule has 0 spiro atoms. The monoisotopic (exact) mass is 1070 g/mol. The average molecular weight is 1080 g/mol. The highest BCUT2D eigenvalue weighted by atomic mass is 16.5. The molecule has 0 amide bonds. The summed E-state index contributed by atoms with van der Waals surface area (Å²) in [4.78, 5) is 80.3. The van der Waals surface area contributed by atoms with E-state index in [1.807, 2.05) is 0 Å². The van der Waals surface area contributed by atoms with Crippen molar-refractivity contribution in [2.45, 2.75) is 65.3 Å². The Morgan fingerprint density at radius 1 is 0.506 bits per heavy atom. The Labute approximate surface area is 445 Å². The van der Waals surface area contributed by atoms with Crippen LogP contribution in [0.1, 0.15) is 67.0 Å². The first-order chi connectivity index (χ1) is 37.6. The van der Waals surface area contributed by atoms with E-state index >= 15 is 0 Å². The summed E-state index contributed by atoms with van der Waals surface area (Å²) in [5, 5.41) is 81.9. The second-order valence-corrected chi connectivity index (χ2v) is 20.3. The van der Waals surface area contributed by atoms with Crippen LogP contribution in [0.2, 0.25) is 0 Å². The van der Waals surface area contributed by atoms with E-state index in [2.05, 4.69) is 0 Å². The highest BCUT2D eigenvalue weighted by molar-refractivity contribution is 6.42. The first-order valence-electron chi connectivity index (χ1n) is 24.7. The predicted octanol–water partition coefficient (Wildman–Crippen LogP) is 6.55. The molecule has 0 radical (unpaired) electrons. The Morgan fingerprint density at radius 2 is 0.899 bits per heavy atom. The number of aliphatic hydroxyl groups excluding tert-OH is 2. The number of benzene rings is 10. The van der Waals surface area contributed by atoms with Crippen LogP contribution in [-0.4, -0.2) is 95.6 Å². The van der Waals surface area contributed by atoms with Crippen LogP contribution in [0.15, 0.2) is 49.0 Å². The predicted molar refractivity (Wildman–Crippen MR) is 295 cm³/mol. The van der Waals surface area contributed by atoms with E-state index < -0.39 is 69.5 Å². The summed E-state index contributed by atoms with van der Waals surface area (Å²) in [7, 11) is 8.11. The zero-order chi connectivity index (χ0) is 57.1. The van der Waals surface area contributed by atoms with Crippen LogP contribution >= 0.6 is 0 Å². The molecular formula is C60H50O19. The molecule has 0 bridgehead atoms. The van der Waals surface area contributed by atoms with Gasteiger partial charge >= 0.3 is 0 Å². The van der Waals surface area contributed by atoms with Crippen molar-refractivity contribution in [1.29, 1.82) is 0 Å². The molecule has 2 unspecified atom stereocenters. The first-order valence-corrected chi connectivity index (χ1v) is 24.7. The van der Waals surface area contributed by atoms with Crippen molar-refractivity contribution < 1.29 is 73.8 Å². The number of aromatic hydroxyl groups is 4. The third kappa shape index (κ3) is 6.51. The van der Waals surface area contributed by atoms with E-state index in [1.165, 1.54) is 81.6 Å². The zero-order valence-electron chi connectivity index (χ0n) is 44.2. The number of allylic oxidation sites excluding steroid dienone is 2. The molecule has 0 heterocycles. The largest absolute Gasteiger partial charge is 0.504 e. The lowest BCUT2D eigenvalue weighted by Crippen LogP contribution is -2.38. The van der Waals surface area contributed by atoms with Crippen molar-refractivity contribution in [3.05, 3.63) is 104 Å². The highest BCUT2D eigenvalue weighted by Gasteiger charge is 2.46. The minimum Gasteiger partial charge on any atom is -0.504 e. The van der Waals surface area contributed by atoms with Gasteiger partial charge in [-0.25, -0.2) is 0 Å². The molecule has 2 aliphatic rings. The maximum Gasteiger partial charge on any atom is 0.194 e. The maximum absolute atomic E-state index is 13.5. The van der Waals surface area contributed by atoms with Crippen LogP contribution in [0.3, 0.4) is 0 Å². The lowest BCUT2D eigenvalue weighted by atomic mass is 9.76. The molecule has 0 saturated heterocycles. The van der Waals surface area contributed by atoms with Gasteiger partial charge in [-0.2, -0.15) is 0 Å². The van der Waals surface area contributed by atoms with Crippen LogP contribution in [0.4, 0.5) is 0 Å². The van der Waals surface area contributed by atoms with Crippen LogP contribution in [0.5, 0.6) is 57.5 Å². The lowest BCUT2D eigenvalue weighted by Gasteiger charge is -2.32. The van der Waals surface area contributed by atoms with Gasteiger partial charge in [0.25, 0.3) is 0 Å². The maximum atomic E-state index is 13.5. The fourth-order valence-electron chi connectivity index (χ4n) is 13.5. The number of hydrogen-bond acceptors (Lipinski definition) is 19. The van der Waals surface area contributed by atoms with E-state index in [9.17, 15) is 64.5 Å². The number of phenols is 4. The van der Waals surface area contributed by atoms with Crippen molar-refractivity contribution in [3.8, 4) is 57.5 Å². The molecule has 2 atom stereocenters. The summed E-state index contributed by atoms with van der Waals surface area (Å²) in [5.74, 6) is -3.71. The molecule has 79 heavy (non-hydrogen) atoms. The molecule has 19 nitrogen and oxygen atoms in total. The molecule has 10 aromatic carbocycles. The van der Waals surface area contributed by atoms with Gasteiger partial charge in [0.1, 0.15) is 17.3 Å². The van der Waals surface area contributed by atoms with Crippen LogP contribution in [0.25, 0.3) is 91.8 Å². The van der Waals surface area contributed by atoms with E-state index in [0.29, 0.717) is 54.4 Å². The molecular weight excluding hydrogens is 1020 g/mol. The minimum atomic E-state index is -1.82. The number of rotatable bonds is 10. The zero-order valence-corrected chi connectivity index (χ0v) is 44.2. The van der Waals surface area contributed by atoms with Gasteiger partial charge in [-0.3, -0.25) is 28.8 Å². The summed E-state index contributed by atoms with van der Waals surface area (Å²) in [6, 6.07) is 4.84. The SMILES string of the molecule is COc1c(O)c2c(=O)cc(CO)c3c4c(CO)cc(=O)c5c(O)c(OC)c6c(c(c1CC(C)(O)C6C(C)=O)c23)c54.COc1c(O)c2c(=O)cc(OC)c3c4c(OC)cc(=O)c5c(O)c(OC)c6c(c(c1CC(C)=C6C(C)=O)c23)c54. The van der Waals surface area contributed by atoms with E-state index in [0.717, 1.165) is 6.07 Å². The third-order valence-corrected chi connectivity index (χ3v) is 16.1. The molecule has 10 aromatic rings. The summed E-state index contributed by atoms with van der Waals surface area (Å²) >= 11 is 0. The first kappa shape index (κ1) is 52.0. The number of methoxy groups -OCH3 is 6. The Morgan fingerprint density at radius 3 is 1.33 bits per heavy atom. The van der Waals surface area contributed by atoms with Crippen LogP contribution < -0.4 is 50.1 Å². The van der Waals surface area contributed by atoms with E-state index in [1.54, 1.807) is 6.92 Å². The van der Waals surface area contributed by atoms with Crippen molar-refractivity contribution in [2.75, 3.05) is 42.7 Å². The number of aliphatic hydroxyl groups is 3. The number of Topliss-reactive ketones (excluding diaryl/α,β-unsaturated/α-hetero) is 2. The van der Waals surface area contributed by atoms with E-state index in [4.69, 9.17) is 28.4 Å². The Hall–Kier alpha value is -9.04. The van der Waals surface area contributed by atoms with Gasteiger partial charge in [0, 0.05) is 84.1 Å². The van der Waals surface area contributed by atoms with Gasteiger partial charge in [0.15, 0.2) is 73.5 Å². The fourth-order valence-corrected chi connectivity index (χ4v) is 13.5. The Bertz CT molecular complexity index is 4710. The third-order valence-electron chi connectivity index (χ3n) is 16.1. The summed E-state index contributed by atoms with van der Waals surface area (Å²) < 4.78 is 33.8. The standard InChI is InChI=1S/C30H26O10.C30H24O9/c1-10(33)25-24-23-18-13(7-30(25,2)38)28(39-3)26(36)19-14(34)5-11(8-31)16(21(18)19)17-12(9-32)6-15(35)20(22(17)23)27(37)29(24)40-4;1-10-7-12-18-23-19(27(34)29(12)38-5)13(32)8-15(36-3)21(23)22-16(37-4)9-14(33)20-25(22)24(18)26(17(10)11(2)31)30(39-6)28(20)35/h5-6,25,31-32,36-38H,7-9H2,1-4H3;8-9,34-35H,7H2,1-6H3. The van der Waals surface area contributed by atoms with Gasteiger partial charge in [0.05, 0.1) is 88.9 Å². The summed E-state index contributed by atoms with van der Waals surface area (Å²) in [6.07, 6.45) is -0.0546. The Balaban J connectivity index is 0.000000167. The normalized spacial score (nSPS) is 16.0. The number of ether oxygens (including phenoxy) is 6.